The Morgan fingerprint density at radius 1 is 1.06 bits per heavy atom. The third kappa shape index (κ3) is 7.87. The molecule has 0 aliphatic carbocycles. The number of β-amino-alcohol motifs (C(OH)–C–C–N with tert-alkyl or cyclic N) is 1. The van der Waals surface area contributed by atoms with Gasteiger partial charge in [0.25, 0.3) is 5.91 Å². The van der Waals surface area contributed by atoms with Crippen molar-refractivity contribution in [3.8, 4) is 0 Å². The van der Waals surface area contributed by atoms with E-state index < -0.39 is 90.5 Å². The summed E-state index contributed by atoms with van der Waals surface area (Å²) in [7, 11) is -11.0. The Morgan fingerprint density at radius 2 is 1.79 bits per heavy atom. The van der Waals surface area contributed by atoms with Crippen LogP contribution in [0.5, 0.6) is 0 Å². The van der Waals surface area contributed by atoms with Gasteiger partial charge in [0.1, 0.15) is 60.0 Å². The smallest absolute Gasteiger partial charge is 0.481 e. The maximum absolute atomic E-state index is 12.5. The summed E-state index contributed by atoms with van der Waals surface area (Å²) in [5.41, 5.74) is 6.56. The minimum Gasteiger partial charge on any atom is -0.820 e. The molecule has 3 aliphatic rings. The first-order valence-electron chi connectivity index (χ1n) is 14.9. The molecule has 0 saturated carbocycles. The van der Waals surface area contributed by atoms with Crippen LogP contribution in [0.15, 0.2) is 42.4 Å². The molecule has 3 aliphatic heterocycles. The minimum absolute atomic E-state index is 0.0281. The van der Waals surface area contributed by atoms with Crippen LogP contribution in [0.2, 0.25) is 5.02 Å². The molecule has 12 N–H and O–H groups in total. The van der Waals surface area contributed by atoms with Gasteiger partial charge in [-0.2, -0.15) is 4.31 Å². The normalized spacial score (nSPS) is 27.1. The van der Waals surface area contributed by atoms with E-state index >= 15 is 0 Å². The second kappa shape index (κ2) is 14.7. The molecule has 24 nitrogen and oxygen atoms in total. The Hall–Kier alpha value is -3.55. The molecule has 27 heteroatoms. The van der Waals surface area contributed by atoms with E-state index in [1.807, 2.05) is 0 Å². The molecular formula is C25H31ClN9O15P2-. The van der Waals surface area contributed by atoms with Gasteiger partial charge < -0.3 is 71.7 Å². The van der Waals surface area contributed by atoms with Crippen molar-refractivity contribution in [2.45, 2.75) is 49.2 Å². The summed E-state index contributed by atoms with van der Waals surface area (Å²) < 4.78 is 45.2. The van der Waals surface area contributed by atoms with E-state index in [0.29, 0.717) is 5.69 Å². The number of imidazole rings is 1. The number of aliphatic hydroxyl groups excluding tert-OH is 5. The molecule has 1 amide bonds. The first-order chi connectivity index (χ1) is 24.4. The van der Waals surface area contributed by atoms with Crippen molar-refractivity contribution in [1.29, 1.82) is 0 Å². The van der Waals surface area contributed by atoms with Crippen LogP contribution in [0.4, 0.5) is 17.2 Å². The van der Waals surface area contributed by atoms with Gasteiger partial charge in [-0.15, -0.1) is 0 Å². The number of carbonyl (C=O) groups excluding carboxylic acids is 1. The van der Waals surface area contributed by atoms with Crippen molar-refractivity contribution < 1.29 is 72.4 Å². The minimum atomic E-state index is -5.54. The molecule has 52 heavy (non-hydrogen) atoms. The van der Waals surface area contributed by atoms with Gasteiger partial charge in [0.05, 0.1) is 37.5 Å². The van der Waals surface area contributed by atoms with Crippen LogP contribution in [0.3, 0.4) is 0 Å². The lowest BCUT2D eigenvalue weighted by atomic mass is 10.1. The van der Waals surface area contributed by atoms with Gasteiger partial charge in [0.2, 0.25) is 0 Å². The highest BCUT2D eigenvalue weighted by Crippen LogP contribution is 2.60. The topological polar surface area (TPSA) is 362 Å². The number of aliphatic hydroxyl groups is 5. The van der Waals surface area contributed by atoms with Crippen LogP contribution >= 0.6 is 27.2 Å². The summed E-state index contributed by atoms with van der Waals surface area (Å²) in [6, 6.07) is 4.45. The Kier molecular flexibility index (Phi) is 10.8. The van der Waals surface area contributed by atoms with Crippen LogP contribution in [-0.4, -0.2) is 123 Å². The number of aromatic nitrogens is 4. The highest BCUT2D eigenvalue weighted by Gasteiger charge is 2.46. The van der Waals surface area contributed by atoms with Crippen LogP contribution < -0.4 is 31.7 Å². The number of nitrogens with one attached hydrogen (secondary N) is 3. The van der Waals surface area contributed by atoms with E-state index in [-0.39, 0.29) is 39.2 Å². The summed E-state index contributed by atoms with van der Waals surface area (Å²) in [5.74, 6) is -0.830. The maximum Gasteiger partial charge on any atom is 0.481 e. The third-order valence-corrected chi connectivity index (χ3v) is 10.8. The average Bonchev–Trinajstić information content (AvgIpc) is 3.63. The fourth-order valence-electron chi connectivity index (χ4n) is 5.46. The molecule has 0 radical (unpaired) electrons. The molecule has 1 saturated heterocycles. The number of ether oxygens (including phenoxy) is 1. The van der Waals surface area contributed by atoms with Crippen molar-refractivity contribution in [2.24, 2.45) is 0 Å². The maximum atomic E-state index is 12.5. The Bertz CT molecular complexity index is 1970. The zero-order chi connectivity index (χ0) is 37.7. The second-order valence-electron chi connectivity index (χ2n) is 11.5. The van der Waals surface area contributed by atoms with E-state index in [4.69, 9.17) is 26.6 Å². The molecule has 1 aromatic carbocycles. The number of nitrogens with zero attached hydrogens (tertiary/aromatic N) is 5. The monoisotopic (exact) mass is 794 g/mol. The molecule has 6 rings (SSSR count). The van der Waals surface area contributed by atoms with E-state index in [9.17, 15) is 54.4 Å². The first-order valence-corrected chi connectivity index (χ1v) is 18.3. The number of rotatable bonds is 13. The zero-order valence-corrected chi connectivity index (χ0v) is 28.7. The van der Waals surface area contributed by atoms with Crippen LogP contribution in [0, 0.1) is 0 Å². The molecule has 0 bridgehead atoms. The standard InChI is InChI=1S/C25H31ClN9O15P2/c26-9-1-2-10-11(3-9)34(22-16(31-10)23(41)33-25(42)32-22)4-12(36)17(38)13(37)5-47-51(43,44)50-52(45,46)48-6-14-18(39)19(40)24(49-14)35-8-30-15-20(27)28-7-29-21(15)35/h1-3,7-8,12-14,17-19,24-25,31-32,36-40H,4-6H2,(H,33,41)(H,43,44)(H,45,46)(H2,27,28,29)/q-1/t12-,13-,14-,17-,18-,19-,24-,25?/m1/s1. The lowest BCUT2D eigenvalue weighted by Gasteiger charge is -2.43. The Labute approximate surface area is 296 Å². The van der Waals surface area contributed by atoms with Crippen molar-refractivity contribution in [1.82, 2.24) is 30.2 Å². The highest BCUT2D eigenvalue weighted by molar-refractivity contribution is 7.61. The molecule has 3 unspecified atom stereocenters. The summed E-state index contributed by atoms with van der Waals surface area (Å²) in [6.45, 7) is -2.77. The quantitative estimate of drug-likeness (QED) is 0.0747. The molecule has 1 fully saturated rings. The van der Waals surface area contributed by atoms with Gasteiger partial charge in [-0.05, 0) is 18.2 Å². The van der Waals surface area contributed by atoms with Gasteiger partial charge in [-0.3, -0.25) is 18.4 Å². The van der Waals surface area contributed by atoms with Crippen molar-refractivity contribution in [2.75, 3.05) is 35.7 Å². The molecule has 5 heterocycles. The third-order valence-electron chi connectivity index (χ3n) is 7.95. The number of phosphoric ester groups is 2. The number of nitrogens with two attached hydrogens (primary N) is 1. The van der Waals surface area contributed by atoms with Crippen LogP contribution in [-0.2, 0) is 32.0 Å². The molecular weight excluding hydrogens is 764 g/mol. The number of amides is 1. The molecule has 284 valence electrons. The summed E-state index contributed by atoms with van der Waals surface area (Å²) in [6.07, 6.45) is -11.7. The number of halogens is 1. The molecule has 10 atom stereocenters. The number of anilines is 3. The number of benzene rings is 1. The number of phosphoric acid groups is 2. The largest absolute Gasteiger partial charge is 0.820 e. The van der Waals surface area contributed by atoms with Crippen molar-refractivity contribution in [3.63, 3.8) is 0 Å². The fourth-order valence-corrected chi connectivity index (χ4v) is 7.72. The fraction of sp³-hybridized carbons (Fsp3) is 0.440. The van der Waals surface area contributed by atoms with Gasteiger partial charge in [0.15, 0.2) is 17.7 Å². The van der Waals surface area contributed by atoms with Gasteiger partial charge >= 0.3 is 15.6 Å². The predicted molar refractivity (Wildman–Crippen MR) is 171 cm³/mol. The Balaban J connectivity index is 1.03. The SMILES string of the molecule is Nc1ncnc2c1ncn2[C@@H]1O[C@H](COP(=O)(O)OP(=O)(O)OC[C@@H](O)[C@H](O)[C@H](O)CN2C3=C(Nc4ccc(Cl)cc42)C(=O)NC([O-])N3)[C@@H](O)[C@H]1O. The van der Waals surface area contributed by atoms with E-state index in [0.717, 1.165) is 6.33 Å². The van der Waals surface area contributed by atoms with Gasteiger partial charge in [-0.25, -0.2) is 24.1 Å². The Morgan fingerprint density at radius 3 is 2.54 bits per heavy atom. The second-order valence-corrected chi connectivity index (χ2v) is 15.0. The van der Waals surface area contributed by atoms with E-state index in [1.165, 1.54) is 34.0 Å². The van der Waals surface area contributed by atoms with Gasteiger partial charge in [-0.1, -0.05) is 11.6 Å². The lowest BCUT2D eigenvalue weighted by Crippen LogP contribution is -2.62. The van der Waals surface area contributed by atoms with E-state index in [2.05, 4.69) is 39.7 Å². The number of hydrogen-bond acceptors (Lipinski definition) is 20. The first kappa shape index (κ1) is 38.2. The molecule has 0 spiro atoms. The van der Waals surface area contributed by atoms with E-state index in [1.54, 1.807) is 0 Å². The number of fused-ring (bicyclic) bond motifs is 2. The molecule has 3 aromatic rings. The van der Waals surface area contributed by atoms with Crippen LogP contribution in [0.25, 0.3) is 11.2 Å². The lowest BCUT2D eigenvalue weighted by molar-refractivity contribution is -0.433. The average molecular weight is 795 g/mol. The van der Waals surface area contributed by atoms with Crippen LogP contribution in [0.1, 0.15) is 6.23 Å². The summed E-state index contributed by atoms with van der Waals surface area (Å²) in [4.78, 5) is 45.7. The highest BCUT2D eigenvalue weighted by atomic mass is 35.5. The number of hydrogen-bond donors (Lipinski definition) is 11. The van der Waals surface area contributed by atoms with Gasteiger partial charge in [0, 0.05) is 11.4 Å². The predicted octanol–water partition coefficient (Wildman–Crippen LogP) is -3.52. The van der Waals surface area contributed by atoms with Crippen molar-refractivity contribution >= 4 is 61.5 Å². The zero-order valence-electron chi connectivity index (χ0n) is 26.1. The number of carbonyl (C=O) groups is 1. The van der Waals surface area contributed by atoms with Crippen molar-refractivity contribution in [3.05, 3.63) is 47.4 Å². The molecule has 2 aromatic heterocycles. The summed E-state index contributed by atoms with van der Waals surface area (Å²) >= 11 is 6.12. The number of nitrogen functional groups attached to an aromatic ring is 1. The summed E-state index contributed by atoms with van der Waals surface area (Å²) in [5, 5.41) is 72.7.